The Bertz CT molecular complexity index is 1770. The molecule has 0 radical (unpaired) electrons. The van der Waals surface area contributed by atoms with Gasteiger partial charge in [0.15, 0.2) is 11.5 Å². The lowest BCUT2D eigenvalue weighted by Crippen LogP contribution is -2.50. The standard InChI is InChI=1S/C29H29ClF5N9O5/c1-42-20(17-10-44(11-22(31)32)41-24(17)29(33,34)35)6-37-25(42)27(47)38-13-2-3-14(18(30)4-13)26(46)40-23-15-8-43(9-16(15)23)28(48)39-19-5-36-7-21(19)49-12-45/h2-4,6,10,12,15-16,19,21-23,36H,5,7-9,11H2,1H3,(H,38,47)(H,39,48)(H,40,46)/t15-,16+,19-,21-,23-/m1/s1. The number of amides is 4. The highest BCUT2D eigenvalue weighted by atomic mass is 35.5. The van der Waals surface area contributed by atoms with Gasteiger partial charge in [-0.2, -0.15) is 18.3 Å². The number of hydrogen-bond donors (Lipinski definition) is 4. The number of ether oxygens (including phenoxy) is 1. The number of nitrogens with one attached hydrogen (secondary N) is 4. The number of nitrogens with zero attached hydrogens (tertiary/aromatic N) is 5. The number of hydrogen-bond acceptors (Lipinski definition) is 8. The van der Waals surface area contributed by atoms with Crippen molar-refractivity contribution in [1.82, 2.24) is 40.2 Å². The van der Waals surface area contributed by atoms with Crippen LogP contribution in [-0.4, -0.2) is 99.3 Å². The van der Waals surface area contributed by atoms with Gasteiger partial charge >= 0.3 is 12.2 Å². The molecule has 0 bridgehead atoms. The largest absolute Gasteiger partial charge is 0.461 e. The second-order valence-electron chi connectivity index (χ2n) is 11.9. The van der Waals surface area contributed by atoms with Crippen molar-refractivity contribution >= 4 is 41.6 Å². The molecule has 3 aliphatic rings. The number of alkyl halides is 5. The van der Waals surface area contributed by atoms with Gasteiger partial charge in [0, 0.05) is 63.0 Å². The van der Waals surface area contributed by atoms with Crippen LogP contribution < -0.4 is 21.3 Å². The zero-order valence-electron chi connectivity index (χ0n) is 25.5. The summed E-state index contributed by atoms with van der Waals surface area (Å²) in [6.07, 6.45) is -6.53. The van der Waals surface area contributed by atoms with Gasteiger partial charge in [0.1, 0.15) is 12.6 Å². The number of aromatic nitrogens is 4. The van der Waals surface area contributed by atoms with Crippen molar-refractivity contribution in [1.29, 1.82) is 0 Å². The molecule has 262 valence electrons. The van der Waals surface area contributed by atoms with Crippen molar-refractivity contribution in [3.63, 3.8) is 0 Å². The number of rotatable bonds is 10. The fourth-order valence-electron chi connectivity index (χ4n) is 6.29. The quantitative estimate of drug-likeness (QED) is 0.184. The molecule has 1 aliphatic carbocycles. The molecule has 49 heavy (non-hydrogen) atoms. The topological polar surface area (TPSA) is 165 Å². The second-order valence-corrected chi connectivity index (χ2v) is 12.3. The maximum absolute atomic E-state index is 13.6. The Morgan fingerprint density at radius 1 is 1.14 bits per heavy atom. The summed E-state index contributed by atoms with van der Waals surface area (Å²) in [5.41, 5.74) is -1.81. The van der Waals surface area contributed by atoms with E-state index in [4.69, 9.17) is 16.3 Å². The molecule has 3 aromatic rings. The molecule has 1 aromatic carbocycles. The molecular formula is C29H29ClF5N9O5. The van der Waals surface area contributed by atoms with E-state index in [0.717, 1.165) is 17.0 Å². The van der Waals surface area contributed by atoms with Crippen LogP contribution in [-0.2, 0) is 29.3 Å². The van der Waals surface area contributed by atoms with Crippen molar-refractivity contribution in [3.8, 4) is 11.3 Å². The molecule has 0 spiro atoms. The van der Waals surface area contributed by atoms with Gasteiger partial charge in [0.2, 0.25) is 0 Å². The van der Waals surface area contributed by atoms with Gasteiger partial charge in [-0.25, -0.2) is 18.6 Å². The van der Waals surface area contributed by atoms with E-state index in [0.29, 0.717) is 37.3 Å². The number of halogens is 6. The number of urea groups is 1. The normalized spacial score (nSPS) is 22.9. The highest BCUT2D eigenvalue weighted by Gasteiger charge is 2.57. The molecule has 4 amide bonds. The third-order valence-electron chi connectivity index (χ3n) is 8.77. The first-order valence-electron chi connectivity index (χ1n) is 15.0. The summed E-state index contributed by atoms with van der Waals surface area (Å²) >= 11 is 6.37. The molecule has 4 N–H and O–H groups in total. The zero-order chi connectivity index (χ0) is 35.2. The third-order valence-corrected chi connectivity index (χ3v) is 9.08. The SMILES string of the molecule is Cn1c(-c2cn(CC(F)F)nc2C(F)(F)F)cnc1C(=O)Nc1ccc(C(=O)N[C@@H]2[C@@H]3CN(C(=O)N[C@@H]4CNC[C@H]4OC=O)C[C@@H]32)c(Cl)c1. The molecule has 0 unspecified atom stereocenters. The van der Waals surface area contributed by atoms with Gasteiger partial charge in [0.05, 0.1) is 34.1 Å². The van der Waals surface area contributed by atoms with Gasteiger partial charge in [-0.1, -0.05) is 11.6 Å². The minimum absolute atomic E-state index is 0.0150. The van der Waals surface area contributed by atoms with Crippen LogP contribution in [0.4, 0.5) is 32.4 Å². The molecule has 14 nitrogen and oxygen atoms in total. The highest BCUT2D eigenvalue weighted by molar-refractivity contribution is 6.34. The molecule has 2 aliphatic heterocycles. The summed E-state index contributed by atoms with van der Waals surface area (Å²) in [7, 11) is 1.29. The van der Waals surface area contributed by atoms with Crippen LogP contribution in [0, 0.1) is 11.8 Å². The van der Waals surface area contributed by atoms with Crippen LogP contribution in [0.15, 0.2) is 30.6 Å². The average molecular weight is 714 g/mol. The van der Waals surface area contributed by atoms with E-state index in [1.54, 1.807) is 4.90 Å². The lowest BCUT2D eigenvalue weighted by atomic mass is 10.2. The summed E-state index contributed by atoms with van der Waals surface area (Å²) in [6.45, 7) is 1.09. The predicted molar refractivity (Wildman–Crippen MR) is 161 cm³/mol. The minimum Gasteiger partial charge on any atom is -0.461 e. The summed E-state index contributed by atoms with van der Waals surface area (Å²) in [4.78, 5) is 55.0. The fourth-order valence-corrected chi connectivity index (χ4v) is 6.55. The maximum Gasteiger partial charge on any atom is 0.435 e. The number of imidazole rings is 1. The van der Waals surface area contributed by atoms with Gasteiger partial charge in [-0.05, 0) is 18.2 Å². The average Bonchev–Trinajstić information content (AvgIpc) is 3.59. The Balaban J connectivity index is 1.04. The number of carbonyl (C=O) groups is 4. The molecule has 2 aromatic heterocycles. The van der Waals surface area contributed by atoms with Crippen LogP contribution in [0.5, 0.6) is 0 Å². The number of anilines is 1. The van der Waals surface area contributed by atoms with Crippen molar-refractivity contribution in [3.05, 3.63) is 52.7 Å². The van der Waals surface area contributed by atoms with Crippen LogP contribution in [0.25, 0.3) is 11.3 Å². The number of fused-ring (bicyclic) bond motifs is 1. The van der Waals surface area contributed by atoms with E-state index in [1.807, 2.05) is 0 Å². The number of benzene rings is 1. The second kappa shape index (κ2) is 13.3. The highest BCUT2D eigenvalue weighted by Crippen LogP contribution is 2.45. The fraction of sp³-hybridized carbons (Fsp3) is 0.448. The Hall–Kier alpha value is -4.78. The first-order valence-corrected chi connectivity index (χ1v) is 15.3. The molecule has 20 heteroatoms. The van der Waals surface area contributed by atoms with E-state index in [-0.39, 0.29) is 57.7 Å². The Morgan fingerprint density at radius 2 is 1.88 bits per heavy atom. The van der Waals surface area contributed by atoms with Crippen LogP contribution in [0.1, 0.15) is 26.7 Å². The van der Waals surface area contributed by atoms with Crippen LogP contribution in [0.3, 0.4) is 0 Å². The van der Waals surface area contributed by atoms with Crippen molar-refractivity contribution in [2.45, 2.75) is 37.3 Å². The van der Waals surface area contributed by atoms with E-state index in [2.05, 4.69) is 31.3 Å². The van der Waals surface area contributed by atoms with E-state index in [9.17, 15) is 41.1 Å². The molecule has 4 heterocycles. The third kappa shape index (κ3) is 7.03. The molecule has 1 saturated carbocycles. The van der Waals surface area contributed by atoms with Gasteiger partial charge in [-0.15, -0.1) is 0 Å². The zero-order valence-corrected chi connectivity index (χ0v) is 26.3. The van der Waals surface area contributed by atoms with E-state index in [1.165, 1.54) is 25.2 Å². The van der Waals surface area contributed by atoms with Crippen LogP contribution in [0.2, 0.25) is 5.02 Å². The summed E-state index contributed by atoms with van der Waals surface area (Å²) < 4.78 is 73.0. The van der Waals surface area contributed by atoms with Crippen molar-refractivity contribution < 1.29 is 45.9 Å². The Labute approximate surface area is 279 Å². The Kier molecular flexibility index (Phi) is 9.23. The molecule has 5 atom stereocenters. The van der Waals surface area contributed by atoms with Crippen molar-refractivity contribution in [2.75, 3.05) is 31.5 Å². The summed E-state index contributed by atoms with van der Waals surface area (Å²) in [6, 6.07) is 3.36. The van der Waals surface area contributed by atoms with Crippen LogP contribution >= 0.6 is 11.6 Å². The summed E-state index contributed by atoms with van der Waals surface area (Å²) in [5, 5.41) is 14.7. The molecular weight excluding hydrogens is 685 g/mol. The van der Waals surface area contributed by atoms with E-state index < -0.39 is 48.3 Å². The van der Waals surface area contributed by atoms with Gasteiger partial charge in [-0.3, -0.25) is 19.1 Å². The first-order chi connectivity index (χ1) is 23.2. The van der Waals surface area contributed by atoms with Gasteiger partial charge < -0.3 is 35.5 Å². The number of carbonyl (C=O) groups excluding carboxylic acids is 4. The first kappa shape index (κ1) is 34.1. The molecule has 6 rings (SSSR count). The van der Waals surface area contributed by atoms with Gasteiger partial charge in [0.25, 0.3) is 24.7 Å². The predicted octanol–water partition coefficient (Wildman–Crippen LogP) is 2.36. The number of likely N-dealkylation sites (tertiary alicyclic amines) is 1. The lowest BCUT2D eigenvalue weighted by molar-refractivity contribution is -0.141. The summed E-state index contributed by atoms with van der Waals surface area (Å²) in [5.74, 6) is -1.44. The smallest absolute Gasteiger partial charge is 0.435 e. The maximum atomic E-state index is 13.6. The number of piperidine rings is 1. The lowest BCUT2D eigenvalue weighted by Gasteiger charge is -2.25. The van der Waals surface area contributed by atoms with E-state index >= 15 is 0 Å². The monoisotopic (exact) mass is 713 g/mol. The van der Waals surface area contributed by atoms with Crippen molar-refractivity contribution in [2.24, 2.45) is 18.9 Å². The minimum atomic E-state index is -4.96. The molecule has 3 fully saturated rings. The molecule has 2 saturated heterocycles. The Morgan fingerprint density at radius 3 is 2.53 bits per heavy atom.